The largest absolute Gasteiger partial charge is 1.00 e. The van der Waals surface area contributed by atoms with Crippen molar-refractivity contribution in [1.29, 1.82) is 0 Å². The summed E-state index contributed by atoms with van der Waals surface area (Å²) in [7, 11) is -4.45. The zero-order valence-electron chi connectivity index (χ0n) is 11.5. The van der Waals surface area contributed by atoms with Gasteiger partial charge >= 0.3 is 29.6 Å². The zero-order chi connectivity index (χ0) is 15.9. The van der Waals surface area contributed by atoms with Crippen LogP contribution in [0.4, 0.5) is 5.69 Å². The van der Waals surface area contributed by atoms with Crippen molar-refractivity contribution in [3.05, 3.63) is 22.7 Å². The smallest absolute Gasteiger partial charge is 0.543 e. The van der Waals surface area contributed by atoms with Gasteiger partial charge in [-0.3, -0.25) is 9.35 Å². The maximum Gasteiger partial charge on any atom is 1.00 e. The minimum absolute atomic E-state index is 0. The third-order valence-electron chi connectivity index (χ3n) is 2.75. The van der Waals surface area contributed by atoms with E-state index < -0.39 is 39.0 Å². The van der Waals surface area contributed by atoms with Crippen molar-refractivity contribution >= 4 is 45.0 Å². The first-order valence-corrected chi connectivity index (χ1v) is 7.32. The third kappa shape index (κ3) is 3.67. The Morgan fingerprint density at radius 2 is 2.05 bits per heavy atom. The van der Waals surface area contributed by atoms with E-state index in [0.29, 0.717) is 0 Å². The number of carboxylic acids is 1. The molecule has 1 amide bonds. The summed E-state index contributed by atoms with van der Waals surface area (Å²) >= 11 is 5.91. The standard InChI is InChI=1S/C11H9ClN2O6S.Na/c1-5-2-6(21(18,19)20)3-7(12)10(5)14-9(15)4-8(13-14)11(16)17;/h2-3H,4H2,1H3,(H,16,17)(H,18,19,20);/q;+1/p-1. The Hall–Kier alpha value is -0.970. The molecule has 0 saturated heterocycles. The van der Waals surface area contributed by atoms with Gasteiger partial charge in [-0.05, 0) is 24.6 Å². The van der Waals surface area contributed by atoms with Crippen LogP contribution in [-0.4, -0.2) is 30.6 Å². The Morgan fingerprint density at radius 3 is 2.45 bits per heavy atom. The van der Waals surface area contributed by atoms with Gasteiger partial charge in [0.15, 0.2) is 0 Å². The number of carbonyl (C=O) groups excluding carboxylic acids is 2. The second-order valence-corrected chi connectivity index (χ2v) is 6.09. The molecule has 112 valence electrons. The van der Waals surface area contributed by atoms with E-state index in [-0.39, 0.29) is 45.8 Å². The van der Waals surface area contributed by atoms with Crippen LogP contribution in [0.5, 0.6) is 0 Å². The molecule has 22 heavy (non-hydrogen) atoms. The summed E-state index contributed by atoms with van der Waals surface area (Å²) in [5.74, 6) is -2.21. The summed E-state index contributed by atoms with van der Waals surface area (Å²) in [5, 5.41) is 14.9. The number of amides is 1. The average Bonchev–Trinajstić information content (AvgIpc) is 2.69. The van der Waals surface area contributed by atoms with Crippen molar-refractivity contribution in [2.45, 2.75) is 18.2 Å². The van der Waals surface area contributed by atoms with Crippen LogP contribution < -0.4 is 39.7 Å². The molecule has 0 aliphatic carbocycles. The normalized spacial score (nSPS) is 14.6. The number of anilines is 1. The van der Waals surface area contributed by atoms with E-state index in [1.54, 1.807) is 0 Å². The fourth-order valence-electron chi connectivity index (χ4n) is 1.84. The summed E-state index contributed by atoms with van der Waals surface area (Å²) < 4.78 is 31.1. The molecule has 1 N–H and O–H groups in total. The summed E-state index contributed by atoms with van der Waals surface area (Å²) in [6.45, 7) is 1.44. The molecule has 1 aromatic carbocycles. The SMILES string of the molecule is Cc1cc(S(=O)(=O)O)cc(Cl)c1N1N=C(C(=O)[O-])CC1=O.[Na+]. The number of carbonyl (C=O) groups is 2. The van der Waals surface area contributed by atoms with Crippen LogP contribution in [0.15, 0.2) is 22.1 Å². The quantitative estimate of drug-likeness (QED) is 0.448. The van der Waals surface area contributed by atoms with Crippen molar-refractivity contribution in [3.63, 3.8) is 0 Å². The summed E-state index contributed by atoms with van der Waals surface area (Å²) in [6.07, 6.45) is -0.446. The van der Waals surface area contributed by atoms with E-state index >= 15 is 0 Å². The van der Waals surface area contributed by atoms with Gasteiger partial charge in [-0.2, -0.15) is 18.5 Å². The molecule has 1 aliphatic heterocycles. The van der Waals surface area contributed by atoms with Crippen LogP contribution in [0.3, 0.4) is 0 Å². The van der Waals surface area contributed by atoms with Crippen molar-refractivity contribution in [2.24, 2.45) is 5.10 Å². The molecule has 0 saturated carbocycles. The molecule has 1 aromatic rings. The van der Waals surface area contributed by atoms with E-state index in [1.807, 2.05) is 0 Å². The topological polar surface area (TPSA) is 127 Å². The maximum atomic E-state index is 11.8. The maximum absolute atomic E-state index is 11.8. The van der Waals surface area contributed by atoms with Crippen molar-refractivity contribution in [1.82, 2.24) is 0 Å². The Morgan fingerprint density at radius 1 is 1.45 bits per heavy atom. The number of hydrogen-bond donors (Lipinski definition) is 1. The second-order valence-electron chi connectivity index (χ2n) is 4.26. The molecule has 11 heteroatoms. The number of halogens is 1. The molecule has 0 bridgehead atoms. The summed E-state index contributed by atoms with van der Waals surface area (Å²) in [4.78, 5) is 22.0. The number of nitrogens with zero attached hydrogens (tertiary/aromatic N) is 2. The van der Waals surface area contributed by atoms with E-state index in [4.69, 9.17) is 16.2 Å². The predicted octanol–water partition coefficient (Wildman–Crippen LogP) is -3.26. The first-order chi connectivity index (χ1) is 9.61. The van der Waals surface area contributed by atoms with E-state index in [2.05, 4.69) is 5.10 Å². The zero-order valence-corrected chi connectivity index (χ0v) is 15.1. The number of carboxylic acid groups (broad SMARTS) is 1. The molecule has 0 atom stereocenters. The number of rotatable bonds is 3. The number of hydrazone groups is 1. The molecular formula is C11H8ClN2NaO6S. The number of hydrogen-bond acceptors (Lipinski definition) is 6. The minimum atomic E-state index is -4.45. The van der Waals surface area contributed by atoms with E-state index in [9.17, 15) is 23.1 Å². The second kappa shape index (κ2) is 6.65. The number of aryl methyl sites for hydroxylation is 1. The van der Waals surface area contributed by atoms with Crippen LogP contribution in [0.2, 0.25) is 5.02 Å². The molecule has 0 unspecified atom stereocenters. The van der Waals surface area contributed by atoms with Crippen LogP contribution in [0, 0.1) is 6.92 Å². The average molecular weight is 355 g/mol. The molecule has 0 spiro atoms. The number of aliphatic carboxylic acids is 1. The van der Waals surface area contributed by atoms with Gasteiger partial charge in [-0.15, -0.1) is 0 Å². The Kier molecular flexibility index (Phi) is 5.77. The van der Waals surface area contributed by atoms with Gasteiger partial charge in [0.2, 0.25) is 0 Å². The van der Waals surface area contributed by atoms with Crippen LogP contribution >= 0.6 is 11.6 Å². The van der Waals surface area contributed by atoms with Crippen LogP contribution in [-0.2, 0) is 19.7 Å². The van der Waals surface area contributed by atoms with Crippen LogP contribution in [0.25, 0.3) is 0 Å². The first-order valence-electron chi connectivity index (χ1n) is 5.50. The van der Waals surface area contributed by atoms with Gasteiger partial charge in [-0.1, -0.05) is 11.6 Å². The molecule has 1 heterocycles. The monoisotopic (exact) mass is 354 g/mol. The molecule has 8 nitrogen and oxygen atoms in total. The van der Waals surface area contributed by atoms with Gasteiger partial charge in [-0.25, -0.2) is 0 Å². The van der Waals surface area contributed by atoms with Gasteiger partial charge in [0.05, 0.1) is 33.7 Å². The Balaban J connectivity index is 0.00000242. The van der Waals surface area contributed by atoms with Gasteiger partial charge in [0.1, 0.15) is 0 Å². The Bertz CT molecular complexity index is 769. The number of benzene rings is 1. The van der Waals surface area contributed by atoms with Gasteiger partial charge in [0.25, 0.3) is 16.0 Å². The summed E-state index contributed by atoms with van der Waals surface area (Å²) in [6, 6.07) is 2.04. The van der Waals surface area contributed by atoms with Crippen LogP contribution in [0.1, 0.15) is 12.0 Å². The molecule has 0 aromatic heterocycles. The molecule has 0 fully saturated rings. The predicted molar refractivity (Wildman–Crippen MR) is 70.5 cm³/mol. The van der Waals surface area contributed by atoms with Gasteiger partial charge in [0, 0.05) is 0 Å². The Labute approximate surface area is 152 Å². The molecular weight excluding hydrogens is 347 g/mol. The summed E-state index contributed by atoms with van der Waals surface area (Å²) in [5.41, 5.74) is -0.175. The molecule has 1 aliphatic rings. The fraction of sp³-hybridized carbons (Fsp3) is 0.182. The van der Waals surface area contributed by atoms with Gasteiger partial charge < -0.3 is 9.90 Å². The minimum Gasteiger partial charge on any atom is -0.543 e. The molecule has 2 rings (SSSR count). The third-order valence-corrected chi connectivity index (χ3v) is 3.87. The van der Waals surface area contributed by atoms with E-state index in [0.717, 1.165) is 17.1 Å². The van der Waals surface area contributed by atoms with Crippen molar-refractivity contribution < 1.29 is 57.2 Å². The molecule has 0 radical (unpaired) electrons. The van der Waals surface area contributed by atoms with E-state index in [1.165, 1.54) is 6.92 Å². The van der Waals surface area contributed by atoms with Crippen molar-refractivity contribution in [2.75, 3.05) is 5.01 Å². The fourth-order valence-corrected chi connectivity index (χ4v) is 2.84. The first kappa shape index (κ1) is 19.1. The van der Waals surface area contributed by atoms with Crippen molar-refractivity contribution in [3.8, 4) is 0 Å².